The molecular formula is C26H37N3O2. The summed E-state index contributed by atoms with van der Waals surface area (Å²) in [6.45, 7) is 9.54. The molecule has 1 saturated heterocycles. The quantitative estimate of drug-likeness (QED) is 0.565. The maximum atomic E-state index is 12.6. The highest BCUT2D eigenvalue weighted by molar-refractivity contribution is 5.89. The van der Waals surface area contributed by atoms with Gasteiger partial charge in [-0.15, -0.1) is 0 Å². The number of urea groups is 1. The van der Waals surface area contributed by atoms with Crippen LogP contribution in [0.15, 0.2) is 60.7 Å². The summed E-state index contributed by atoms with van der Waals surface area (Å²) in [6.07, 6.45) is 4.53. The van der Waals surface area contributed by atoms with Gasteiger partial charge < -0.3 is 10.6 Å². The van der Waals surface area contributed by atoms with Gasteiger partial charge in [-0.05, 0) is 63.6 Å². The summed E-state index contributed by atoms with van der Waals surface area (Å²) in [7, 11) is 0. The second-order valence-corrected chi connectivity index (χ2v) is 9.18. The SMILES string of the molecule is CCC1(CC)CC(NC(=O)Nc2ccccc2)CC(C)(C)N1OCCc1ccccc1. The van der Waals surface area contributed by atoms with E-state index in [1.165, 1.54) is 5.56 Å². The molecule has 3 rings (SSSR count). The van der Waals surface area contributed by atoms with E-state index in [1.807, 2.05) is 36.4 Å². The molecule has 0 saturated carbocycles. The standard InChI is InChI=1S/C26H37N3O2/c1-5-26(6-2)20-23(28-24(30)27-22-15-11-8-12-16-22)19-25(3,4)29(26)31-18-17-21-13-9-7-10-14-21/h7-16,23H,5-6,17-20H2,1-4H3,(H2,27,28,30). The van der Waals surface area contributed by atoms with E-state index in [-0.39, 0.29) is 23.2 Å². The van der Waals surface area contributed by atoms with Gasteiger partial charge in [-0.25, -0.2) is 4.79 Å². The summed E-state index contributed by atoms with van der Waals surface area (Å²) in [6, 6.07) is 20.0. The predicted octanol–water partition coefficient (Wildman–Crippen LogP) is 5.78. The van der Waals surface area contributed by atoms with Crippen molar-refractivity contribution < 1.29 is 9.63 Å². The summed E-state index contributed by atoms with van der Waals surface area (Å²) in [5.74, 6) is 0. The number of benzene rings is 2. The largest absolute Gasteiger partial charge is 0.335 e. The van der Waals surface area contributed by atoms with Crippen LogP contribution in [0.1, 0.15) is 58.9 Å². The fourth-order valence-electron chi connectivity index (χ4n) is 4.95. The number of hydrogen-bond donors (Lipinski definition) is 2. The third kappa shape index (κ3) is 5.86. The van der Waals surface area contributed by atoms with Crippen molar-refractivity contribution in [1.82, 2.24) is 10.4 Å². The minimum Gasteiger partial charge on any atom is -0.335 e. The molecule has 1 heterocycles. The predicted molar refractivity (Wildman–Crippen MR) is 127 cm³/mol. The minimum atomic E-state index is -0.189. The van der Waals surface area contributed by atoms with Crippen LogP contribution in [0.5, 0.6) is 0 Å². The van der Waals surface area contributed by atoms with Crippen LogP contribution in [0.3, 0.4) is 0 Å². The van der Waals surface area contributed by atoms with Crippen LogP contribution >= 0.6 is 0 Å². The third-order valence-corrected chi connectivity index (χ3v) is 6.49. The van der Waals surface area contributed by atoms with Crippen molar-refractivity contribution in [1.29, 1.82) is 0 Å². The summed E-state index contributed by atoms with van der Waals surface area (Å²) in [4.78, 5) is 19.1. The number of hydroxylamine groups is 2. The Morgan fingerprint density at radius 3 is 2.23 bits per heavy atom. The number of anilines is 1. The van der Waals surface area contributed by atoms with Gasteiger partial charge in [-0.3, -0.25) is 4.84 Å². The molecule has 0 bridgehead atoms. The fourth-order valence-corrected chi connectivity index (χ4v) is 4.95. The number of amides is 2. The maximum absolute atomic E-state index is 12.6. The molecule has 168 valence electrons. The van der Waals surface area contributed by atoms with Gasteiger partial charge >= 0.3 is 6.03 Å². The number of nitrogens with one attached hydrogen (secondary N) is 2. The molecule has 5 heteroatoms. The molecule has 2 N–H and O–H groups in total. The van der Waals surface area contributed by atoms with Gasteiger partial charge in [0, 0.05) is 22.8 Å². The first-order chi connectivity index (χ1) is 14.9. The molecule has 1 fully saturated rings. The highest BCUT2D eigenvalue weighted by Crippen LogP contribution is 2.43. The second kappa shape index (κ2) is 10.3. The van der Waals surface area contributed by atoms with E-state index in [1.54, 1.807) is 0 Å². The Morgan fingerprint density at radius 1 is 1.00 bits per heavy atom. The lowest BCUT2D eigenvalue weighted by Crippen LogP contribution is -2.66. The zero-order chi connectivity index (χ0) is 22.3. The van der Waals surface area contributed by atoms with Gasteiger partial charge in [0.2, 0.25) is 0 Å². The number of piperidine rings is 1. The van der Waals surface area contributed by atoms with Crippen molar-refractivity contribution in [2.24, 2.45) is 0 Å². The molecule has 0 aliphatic carbocycles. The highest BCUT2D eigenvalue weighted by atomic mass is 16.7. The van der Waals surface area contributed by atoms with Crippen molar-refractivity contribution in [2.45, 2.75) is 76.9 Å². The van der Waals surface area contributed by atoms with Gasteiger partial charge in [0.15, 0.2) is 0 Å². The van der Waals surface area contributed by atoms with Crippen LogP contribution in [-0.4, -0.2) is 34.8 Å². The molecule has 1 atom stereocenters. The topological polar surface area (TPSA) is 53.6 Å². The molecule has 1 unspecified atom stereocenters. The van der Waals surface area contributed by atoms with E-state index < -0.39 is 0 Å². The minimum absolute atomic E-state index is 0.0904. The smallest absolute Gasteiger partial charge is 0.319 e. The van der Waals surface area contributed by atoms with Crippen molar-refractivity contribution in [3.63, 3.8) is 0 Å². The molecule has 2 amide bonds. The van der Waals surface area contributed by atoms with Crippen LogP contribution in [0.25, 0.3) is 0 Å². The van der Waals surface area contributed by atoms with E-state index in [2.05, 4.69) is 67.7 Å². The molecule has 31 heavy (non-hydrogen) atoms. The maximum Gasteiger partial charge on any atom is 0.319 e. The summed E-state index contributed by atoms with van der Waals surface area (Å²) < 4.78 is 0. The van der Waals surface area contributed by atoms with E-state index in [4.69, 9.17) is 4.84 Å². The molecule has 0 aromatic heterocycles. The number of carbonyl (C=O) groups is 1. The Bertz CT molecular complexity index is 819. The number of rotatable bonds is 8. The highest BCUT2D eigenvalue weighted by Gasteiger charge is 2.50. The lowest BCUT2D eigenvalue weighted by Gasteiger charge is -2.56. The van der Waals surface area contributed by atoms with Gasteiger partial charge in [-0.2, -0.15) is 5.06 Å². The van der Waals surface area contributed by atoms with Gasteiger partial charge in [0.25, 0.3) is 0 Å². The second-order valence-electron chi connectivity index (χ2n) is 9.18. The molecule has 2 aromatic carbocycles. The van der Waals surface area contributed by atoms with Crippen LogP contribution in [0, 0.1) is 0 Å². The molecular weight excluding hydrogens is 386 g/mol. The van der Waals surface area contributed by atoms with Crippen LogP contribution in [0.4, 0.5) is 10.5 Å². The lowest BCUT2D eigenvalue weighted by atomic mass is 9.74. The summed E-state index contributed by atoms with van der Waals surface area (Å²) in [5.41, 5.74) is 1.79. The average molecular weight is 424 g/mol. The average Bonchev–Trinajstić information content (AvgIpc) is 2.76. The summed E-state index contributed by atoms with van der Waals surface area (Å²) in [5, 5.41) is 8.41. The van der Waals surface area contributed by atoms with E-state index in [0.29, 0.717) is 6.61 Å². The van der Waals surface area contributed by atoms with Crippen molar-refractivity contribution >= 4 is 11.7 Å². The summed E-state index contributed by atoms with van der Waals surface area (Å²) >= 11 is 0. The number of hydrogen-bond acceptors (Lipinski definition) is 3. The lowest BCUT2D eigenvalue weighted by molar-refractivity contribution is -0.293. The normalized spacial score (nSPS) is 20.2. The molecule has 2 aromatic rings. The van der Waals surface area contributed by atoms with Gasteiger partial charge in [-0.1, -0.05) is 62.4 Å². The van der Waals surface area contributed by atoms with Gasteiger partial charge in [0.05, 0.1) is 6.61 Å². The molecule has 1 aliphatic rings. The number of para-hydroxylation sites is 1. The zero-order valence-corrected chi connectivity index (χ0v) is 19.4. The third-order valence-electron chi connectivity index (χ3n) is 6.49. The molecule has 0 radical (unpaired) electrons. The molecule has 1 aliphatic heterocycles. The van der Waals surface area contributed by atoms with Crippen molar-refractivity contribution in [3.05, 3.63) is 66.2 Å². The monoisotopic (exact) mass is 423 g/mol. The Hall–Kier alpha value is -2.37. The number of carbonyl (C=O) groups excluding carboxylic acids is 1. The van der Waals surface area contributed by atoms with E-state index in [0.717, 1.165) is 37.8 Å². The van der Waals surface area contributed by atoms with Crippen LogP contribution in [-0.2, 0) is 11.3 Å². The first-order valence-corrected chi connectivity index (χ1v) is 11.5. The fraction of sp³-hybridized carbons (Fsp3) is 0.500. The van der Waals surface area contributed by atoms with Crippen LogP contribution < -0.4 is 10.6 Å². The number of nitrogens with zero attached hydrogens (tertiary/aromatic N) is 1. The van der Waals surface area contributed by atoms with Crippen LogP contribution in [0.2, 0.25) is 0 Å². The molecule has 5 nitrogen and oxygen atoms in total. The van der Waals surface area contributed by atoms with Gasteiger partial charge in [0.1, 0.15) is 0 Å². The van der Waals surface area contributed by atoms with E-state index in [9.17, 15) is 4.79 Å². The Kier molecular flexibility index (Phi) is 7.74. The first-order valence-electron chi connectivity index (χ1n) is 11.5. The Morgan fingerprint density at radius 2 is 1.61 bits per heavy atom. The zero-order valence-electron chi connectivity index (χ0n) is 19.4. The van der Waals surface area contributed by atoms with Crippen molar-refractivity contribution in [3.8, 4) is 0 Å². The Labute approximate surface area is 187 Å². The van der Waals surface area contributed by atoms with Crippen molar-refractivity contribution in [2.75, 3.05) is 11.9 Å². The first kappa shape index (κ1) is 23.3. The molecule has 0 spiro atoms. The Balaban J connectivity index is 1.66. The van der Waals surface area contributed by atoms with E-state index >= 15 is 0 Å².